The summed E-state index contributed by atoms with van der Waals surface area (Å²) in [7, 11) is -1.74. The maximum atomic E-state index is 11.0. The van der Waals surface area contributed by atoms with Crippen LogP contribution in [0.25, 0.3) is 0 Å². The van der Waals surface area contributed by atoms with Gasteiger partial charge in [-0.15, -0.1) is 12.4 Å². The molecule has 0 saturated heterocycles. The molecule has 0 rings (SSSR count). The van der Waals surface area contributed by atoms with Crippen molar-refractivity contribution in [2.24, 2.45) is 11.7 Å². The van der Waals surface area contributed by atoms with Gasteiger partial charge in [0, 0.05) is 6.04 Å². The van der Waals surface area contributed by atoms with Crippen molar-refractivity contribution in [3.63, 3.8) is 0 Å². The summed E-state index contributed by atoms with van der Waals surface area (Å²) in [6.07, 6.45) is 0.737. The first-order valence-electron chi connectivity index (χ1n) is 4.04. The lowest BCUT2D eigenvalue weighted by Crippen LogP contribution is -2.35. The van der Waals surface area contributed by atoms with Crippen LogP contribution in [0.1, 0.15) is 20.3 Å². The third-order valence-corrected chi connectivity index (χ3v) is 3.01. The fourth-order valence-corrected chi connectivity index (χ4v) is 1.91. The Hall–Kier alpha value is 0.160. The maximum absolute atomic E-state index is 11.0. The molecular weight excluding hydrogens is 212 g/mol. The lowest BCUT2D eigenvalue weighted by molar-refractivity contribution is 0.511. The standard InChI is InChI=1S/C7H18N2O2S.ClH/c1-6(2)4-7(8)5-12(10,11)9-3;/h6-7,9H,4-5,8H2,1-3H3;1H. The maximum Gasteiger partial charge on any atom is 0.212 e. The summed E-state index contributed by atoms with van der Waals surface area (Å²) in [4.78, 5) is 0. The van der Waals surface area contributed by atoms with Crippen LogP contribution in [-0.2, 0) is 10.0 Å². The van der Waals surface area contributed by atoms with Gasteiger partial charge in [0.1, 0.15) is 0 Å². The molecule has 1 unspecified atom stereocenters. The van der Waals surface area contributed by atoms with Gasteiger partial charge in [-0.05, 0) is 19.4 Å². The minimum Gasteiger partial charge on any atom is -0.327 e. The Morgan fingerprint density at radius 3 is 2.15 bits per heavy atom. The van der Waals surface area contributed by atoms with Crippen molar-refractivity contribution >= 4 is 22.4 Å². The van der Waals surface area contributed by atoms with E-state index in [-0.39, 0.29) is 24.2 Å². The minimum absolute atomic E-state index is 0. The van der Waals surface area contributed by atoms with Gasteiger partial charge in [-0.2, -0.15) is 0 Å². The number of halogens is 1. The Bertz CT molecular complexity index is 217. The van der Waals surface area contributed by atoms with E-state index in [4.69, 9.17) is 5.73 Å². The van der Waals surface area contributed by atoms with Gasteiger partial charge in [0.15, 0.2) is 0 Å². The molecule has 4 nitrogen and oxygen atoms in total. The fourth-order valence-electron chi connectivity index (χ4n) is 1.04. The van der Waals surface area contributed by atoms with Gasteiger partial charge < -0.3 is 5.73 Å². The Kier molecular flexibility index (Phi) is 7.92. The third-order valence-electron chi connectivity index (χ3n) is 1.52. The van der Waals surface area contributed by atoms with Gasteiger partial charge in [-0.1, -0.05) is 13.8 Å². The van der Waals surface area contributed by atoms with Gasteiger partial charge in [-0.25, -0.2) is 13.1 Å². The van der Waals surface area contributed by atoms with E-state index >= 15 is 0 Å². The zero-order valence-corrected chi connectivity index (χ0v) is 9.91. The normalized spacial score (nSPS) is 13.9. The summed E-state index contributed by atoms with van der Waals surface area (Å²) in [5.41, 5.74) is 5.62. The number of nitrogens with one attached hydrogen (secondary N) is 1. The van der Waals surface area contributed by atoms with Crippen LogP contribution in [0.15, 0.2) is 0 Å². The van der Waals surface area contributed by atoms with Crippen LogP contribution >= 0.6 is 12.4 Å². The second kappa shape index (κ2) is 6.59. The van der Waals surface area contributed by atoms with Crippen molar-refractivity contribution in [2.75, 3.05) is 12.8 Å². The highest BCUT2D eigenvalue weighted by atomic mass is 35.5. The quantitative estimate of drug-likeness (QED) is 0.715. The zero-order chi connectivity index (χ0) is 9.78. The first-order valence-corrected chi connectivity index (χ1v) is 5.69. The van der Waals surface area contributed by atoms with Gasteiger partial charge in [0.25, 0.3) is 0 Å². The monoisotopic (exact) mass is 230 g/mol. The lowest BCUT2D eigenvalue weighted by atomic mass is 10.1. The van der Waals surface area contributed by atoms with E-state index in [1.807, 2.05) is 13.8 Å². The van der Waals surface area contributed by atoms with Gasteiger partial charge in [0.05, 0.1) is 5.75 Å². The zero-order valence-electron chi connectivity index (χ0n) is 8.28. The molecule has 13 heavy (non-hydrogen) atoms. The van der Waals surface area contributed by atoms with E-state index in [1.54, 1.807) is 0 Å². The molecule has 0 aromatic heterocycles. The average molecular weight is 231 g/mol. The van der Waals surface area contributed by atoms with E-state index in [1.165, 1.54) is 7.05 Å². The molecule has 0 radical (unpaired) electrons. The number of nitrogens with two attached hydrogens (primary N) is 1. The van der Waals surface area contributed by atoms with Gasteiger partial charge >= 0.3 is 0 Å². The largest absolute Gasteiger partial charge is 0.327 e. The summed E-state index contributed by atoms with van der Waals surface area (Å²) in [6, 6.07) is -0.262. The van der Waals surface area contributed by atoms with Crippen molar-refractivity contribution in [3.8, 4) is 0 Å². The smallest absolute Gasteiger partial charge is 0.212 e. The van der Waals surface area contributed by atoms with E-state index in [0.717, 1.165) is 6.42 Å². The van der Waals surface area contributed by atoms with Crippen LogP contribution in [0.3, 0.4) is 0 Å². The lowest BCUT2D eigenvalue weighted by Gasteiger charge is -2.13. The van der Waals surface area contributed by atoms with Crippen LogP contribution < -0.4 is 10.5 Å². The van der Waals surface area contributed by atoms with Crippen molar-refractivity contribution in [1.82, 2.24) is 4.72 Å². The third kappa shape index (κ3) is 8.49. The highest BCUT2D eigenvalue weighted by Gasteiger charge is 2.14. The fraction of sp³-hybridized carbons (Fsp3) is 1.00. The highest BCUT2D eigenvalue weighted by Crippen LogP contribution is 2.03. The molecule has 82 valence electrons. The molecule has 0 aromatic rings. The summed E-state index contributed by atoms with van der Waals surface area (Å²) in [5, 5.41) is 0. The Morgan fingerprint density at radius 1 is 1.38 bits per heavy atom. The molecule has 0 bridgehead atoms. The molecule has 0 heterocycles. The van der Waals surface area contributed by atoms with Crippen LogP contribution in [0.4, 0.5) is 0 Å². The Balaban J connectivity index is 0. The summed E-state index contributed by atoms with van der Waals surface area (Å²) in [6.45, 7) is 4.04. The van der Waals surface area contributed by atoms with Crippen LogP contribution in [-0.4, -0.2) is 27.3 Å². The number of hydrogen-bond donors (Lipinski definition) is 2. The van der Waals surface area contributed by atoms with E-state index < -0.39 is 10.0 Å². The molecule has 1 atom stereocenters. The minimum atomic E-state index is -3.14. The molecule has 0 aliphatic carbocycles. The SMILES string of the molecule is CNS(=O)(=O)CC(N)CC(C)C.Cl. The first kappa shape index (κ1) is 15.6. The van der Waals surface area contributed by atoms with E-state index in [9.17, 15) is 8.42 Å². The van der Waals surface area contributed by atoms with Crippen LogP contribution in [0.5, 0.6) is 0 Å². The molecule has 0 spiro atoms. The molecule has 6 heteroatoms. The predicted octanol–water partition coefficient (Wildman–Crippen LogP) is 0.331. The van der Waals surface area contributed by atoms with E-state index in [0.29, 0.717) is 5.92 Å². The topological polar surface area (TPSA) is 72.2 Å². The first-order chi connectivity index (χ1) is 5.37. The summed E-state index contributed by atoms with van der Waals surface area (Å²) >= 11 is 0. The Morgan fingerprint density at radius 2 is 1.85 bits per heavy atom. The molecule has 0 fully saturated rings. The summed E-state index contributed by atoms with van der Waals surface area (Å²) in [5.74, 6) is 0.453. The second-order valence-corrected chi connectivity index (χ2v) is 5.35. The molecule has 0 aliphatic heterocycles. The van der Waals surface area contributed by atoms with Crippen molar-refractivity contribution < 1.29 is 8.42 Å². The molecule has 0 saturated carbocycles. The average Bonchev–Trinajstić information content (AvgIpc) is 1.84. The van der Waals surface area contributed by atoms with Crippen molar-refractivity contribution in [3.05, 3.63) is 0 Å². The van der Waals surface area contributed by atoms with Gasteiger partial charge in [0.2, 0.25) is 10.0 Å². The molecule has 0 aromatic carbocycles. The van der Waals surface area contributed by atoms with Crippen LogP contribution in [0.2, 0.25) is 0 Å². The Labute approximate surface area is 86.7 Å². The number of sulfonamides is 1. The number of hydrogen-bond acceptors (Lipinski definition) is 3. The second-order valence-electron chi connectivity index (χ2n) is 3.38. The molecule has 0 aliphatic rings. The van der Waals surface area contributed by atoms with Crippen molar-refractivity contribution in [1.29, 1.82) is 0 Å². The van der Waals surface area contributed by atoms with E-state index in [2.05, 4.69) is 4.72 Å². The van der Waals surface area contributed by atoms with Gasteiger partial charge in [-0.3, -0.25) is 0 Å². The number of rotatable bonds is 5. The van der Waals surface area contributed by atoms with Crippen molar-refractivity contribution in [2.45, 2.75) is 26.3 Å². The summed E-state index contributed by atoms with van der Waals surface area (Å²) < 4.78 is 24.2. The molecule has 3 N–H and O–H groups in total. The van der Waals surface area contributed by atoms with Crippen LogP contribution in [0, 0.1) is 5.92 Å². The predicted molar refractivity (Wildman–Crippen MR) is 57.5 cm³/mol. The highest BCUT2D eigenvalue weighted by molar-refractivity contribution is 7.89. The molecular formula is C7H19ClN2O2S. The molecule has 0 amide bonds.